The van der Waals surface area contributed by atoms with Crippen LogP contribution in [-0.2, 0) is 0 Å². The maximum Gasteiger partial charge on any atom is 0.268 e. The number of para-hydroxylation sites is 1. The van der Waals surface area contributed by atoms with Crippen LogP contribution in [0, 0.1) is 5.92 Å². The average Bonchev–Trinajstić information content (AvgIpc) is 3.17. The molecule has 152 valence electrons. The Bertz CT molecular complexity index is 953. The first-order chi connectivity index (χ1) is 14.3. The third-order valence-corrected chi connectivity index (χ3v) is 5.79. The van der Waals surface area contributed by atoms with Crippen molar-refractivity contribution in [3.63, 3.8) is 0 Å². The van der Waals surface area contributed by atoms with Crippen molar-refractivity contribution in [3.8, 4) is 11.4 Å². The second-order valence-corrected chi connectivity index (χ2v) is 7.98. The summed E-state index contributed by atoms with van der Waals surface area (Å²) in [6.45, 7) is 3.57. The van der Waals surface area contributed by atoms with Gasteiger partial charge in [0.05, 0.1) is 12.1 Å². The number of amides is 1. The van der Waals surface area contributed by atoms with Crippen molar-refractivity contribution in [2.24, 2.45) is 5.92 Å². The molecule has 0 bridgehead atoms. The van der Waals surface area contributed by atoms with Gasteiger partial charge in [-0.05, 0) is 61.6 Å². The monoisotopic (exact) mass is 390 g/mol. The van der Waals surface area contributed by atoms with Crippen molar-refractivity contribution >= 4 is 16.8 Å². The Morgan fingerprint density at radius 1 is 1.07 bits per heavy atom. The van der Waals surface area contributed by atoms with Gasteiger partial charge >= 0.3 is 0 Å². The zero-order valence-corrected chi connectivity index (χ0v) is 17.2. The number of hydrogen-bond donors (Lipinski definition) is 1. The van der Waals surface area contributed by atoms with Crippen LogP contribution in [0.4, 0.5) is 0 Å². The lowest BCUT2D eigenvalue weighted by Gasteiger charge is -2.22. The maximum absolute atomic E-state index is 13.1. The lowest BCUT2D eigenvalue weighted by atomic mass is 9.89. The van der Waals surface area contributed by atoms with E-state index < -0.39 is 0 Å². The van der Waals surface area contributed by atoms with Crippen molar-refractivity contribution in [1.29, 1.82) is 0 Å². The molecule has 1 amide bonds. The Hall–Kier alpha value is -2.75. The molecule has 0 spiro atoms. The summed E-state index contributed by atoms with van der Waals surface area (Å²) in [6, 6.07) is 18.1. The van der Waals surface area contributed by atoms with Gasteiger partial charge in [-0.2, -0.15) is 0 Å². The molecule has 0 atom stereocenters. The second kappa shape index (κ2) is 9.17. The molecular weight excluding hydrogens is 360 g/mol. The summed E-state index contributed by atoms with van der Waals surface area (Å²) in [4.78, 5) is 13.1. The van der Waals surface area contributed by atoms with Gasteiger partial charge in [0.2, 0.25) is 0 Å². The molecule has 4 nitrogen and oxygen atoms in total. The summed E-state index contributed by atoms with van der Waals surface area (Å²) in [5.74, 6) is 1.47. The number of nitrogens with zero attached hydrogens (tertiary/aromatic N) is 1. The van der Waals surface area contributed by atoms with E-state index in [4.69, 9.17) is 4.74 Å². The Kier molecular flexibility index (Phi) is 6.18. The summed E-state index contributed by atoms with van der Waals surface area (Å²) >= 11 is 0. The summed E-state index contributed by atoms with van der Waals surface area (Å²) in [7, 11) is 0. The number of carbonyl (C=O) groups excluding carboxylic acids is 1. The van der Waals surface area contributed by atoms with Gasteiger partial charge < -0.3 is 14.6 Å². The number of benzene rings is 2. The lowest BCUT2D eigenvalue weighted by Crippen LogP contribution is -2.31. The van der Waals surface area contributed by atoms with Gasteiger partial charge in [-0.3, -0.25) is 4.79 Å². The Labute approximate surface area is 172 Å². The fourth-order valence-corrected chi connectivity index (χ4v) is 4.23. The summed E-state index contributed by atoms with van der Waals surface area (Å²) in [6.07, 6.45) is 7.33. The van der Waals surface area contributed by atoms with E-state index in [9.17, 15) is 4.79 Å². The van der Waals surface area contributed by atoms with Crippen molar-refractivity contribution in [2.45, 2.75) is 45.4 Å². The highest BCUT2D eigenvalue weighted by molar-refractivity contribution is 6.00. The van der Waals surface area contributed by atoms with Crippen molar-refractivity contribution in [3.05, 3.63) is 60.3 Å². The molecule has 1 fully saturated rings. The van der Waals surface area contributed by atoms with Crippen molar-refractivity contribution in [1.82, 2.24) is 9.88 Å². The van der Waals surface area contributed by atoms with Crippen LogP contribution in [0.25, 0.3) is 16.6 Å². The number of hydrogen-bond acceptors (Lipinski definition) is 2. The number of rotatable bonds is 7. The topological polar surface area (TPSA) is 43.3 Å². The van der Waals surface area contributed by atoms with Crippen LogP contribution in [0.2, 0.25) is 0 Å². The van der Waals surface area contributed by atoms with E-state index in [1.807, 2.05) is 42.5 Å². The van der Waals surface area contributed by atoms with E-state index in [0.717, 1.165) is 35.3 Å². The van der Waals surface area contributed by atoms with Crippen LogP contribution in [0.3, 0.4) is 0 Å². The highest BCUT2D eigenvalue weighted by Gasteiger charge is 2.19. The van der Waals surface area contributed by atoms with Gasteiger partial charge in [-0.25, -0.2) is 0 Å². The second-order valence-electron chi connectivity index (χ2n) is 7.98. The van der Waals surface area contributed by atoms with Gasteiger partial charge in [0.1, 0.15) is 11.4 Å². The molecule has 0 unspecified atom stereocenters. The van der Waals surface area contributed by atoms with E-state index in [1.165, 1.54) is 32.1 Å². The summed E-state index contributed by atoms with van der Waals surface area (Å²) < 4.78 is 7.76. The molecule has 1 aliphatic carbocycles. The fourth-order valence-electron chi connectivity index (χ4n) is 4.23. The van der Waals surface area contributed by atoms with Gasteiger partial charge in [-0.1, -0.05) is 44.4 Å². The van der Waals surface area contributed by atoms with E-state index in [1.54, 1.807) is 0 Å². The molecule has 0 saturated heterocycles. The molecule has 2 aromatic carbocycles. The smallest absolute Gasteiger partial charge is 0.268 e. The third kappa shape index (κ3) is 4.47. The van der Waals surface area contributed by atoms with Crippen molar-refractivity contribution in [2.75, 3.05) is 13.2 Å². The number of ether oxygens (including phenoxy) is 1. The van der Waals surface area contributed by atoms with Crippen LogP contribution in [-0.4, -0.2) is 23.6 Å². The van der Waals surface area contributed by atoms with Crippen molar-refractivity contribution < 1.29 is 9.53 Å². The molecular formula is C25H30N2O2. The fraction of sp³-hybridized carbons (Fsp3) is 0.400. The standard InChI is InChI=1S/C25H30N2O2/c1-2-16-29-22-14-12-21(13-15-22)27-23-11-7-6-10-20(23)17-24(27)25(28)26-18-19-8-4-3-5-9-19/h6-7,10-15,17,19H,2-5,8-9,16,18H2,1H3,(H,26,28). The Morgan fingerprint density at radius 3 is 2.59 bits per heavy atom. The minimum Gasteiger partial charge on any atom is -0.494 e. The molecule has 1 aliphatic rings. The van der Waals surface area contributed by atoms with Gasteiger partial charge in [-0.15, -0.1) is 0 Å². The Balaban J connectivity index is 1.61. The molecule has 1 saturated carbocycles. The van der Waals surface area contributed by atoms with E-state index in [2.05, 4.69) is 28.9 Å². The molecule has 0 aliphatic heterocycles. The van der Waals surface area contributed by atoms with Crippen LogP contribution in [0.1, 0.15) is 55.9 Å². The molecule has 0 radical (unpaired) electrons. The average molecular weight is 391 g/mol. The van der Waals surface area contributed by atoms with Crippen LogP contribution < -0.4 is 10.1 Å². The normalized spacial score (nSPS) is 14.8. The van der Waals surface area contributed by atoms with Gasteiger partial charge in [0.15, 0.2) is 0 Å². The van der Waals surface area contributed by atoms with Gasteiger partial charge in [0.25, 0.3) is 5.91 Å². The molecule has 3 aromatic rings. The summed E-state index contributed by atoms with van der Waals surface area (Å²) in [5, 5.41) is 4.27. The number of nitrogens with one attached hydrogen (secondary N) is 1. The maximum atomic E-state index is 13.1. The summed E-state index contributed by atoms with van der Waals surface area (Å²) in [5.41, 5.74) is 2.69. The molecule has 4 heteroatoms. The zero-order chi connectivity index (χ0) is 20.1. The quantitative estimate of drug-likeness (QED) is 0.560. The highest BCUT2D eigenvalue weighted by Crippen LogP contribution is 2.27. The van der Waals surface area contributed by atoms with Crippen LogP contribution in [0.15, 0.2) is 54.6 Å². The highest BCUT2D eigenvalue weighted by atomic mass is 16.5. The number of fused-ring (bicyclic) bond motifs is 1. The predicted octanol–water partition coefficient (Wildman–Crippen LogP) is 5.73. The van der Waals surface area contributed by atoms with Gasteiger partial charge in [0, 0.05) is 17.6 Å². The zero-order valence-electron chi connectivity index (χ0n) is 17.2. The minimum atomic E-state index is -0.00178. The largest absolute Gasteiger partial charge is 0.494 e. The first-order valence-corrected chi connectivity index (χ1v) is 10.9. The lowest BCUT2D eigenvalue weighted by molar-refractivity contribution is 0.0937. The van der Waals surface area contributed by atoms with Crippen LogP contribution in [0.5, 0.6) is 5.75 Å². The first kappa shape index (κ1) is 19.6. The van der Waals surface area contributed by atoms with E-state index in [0.29, 0.717) is 18.2 Å². The minimum absolute atomic E-state index is 0.00178. The first-order valence-electron chi connectivity index (χ1n) is 10.9. The number of carbonyl (C=O) groups is 1. The Morgan fingerprint density at radius 2 is 1.83 bits per heavy atom. The molecule has 1 aromatic heterocycles. The molecule has 4 rings (SSSR count). The predicted molar refractivity (Wildman–Crippen MR) is 118 cm³/mol. The number of aromatic nitrogens is 1. The third-order valence-electron chi connectivity index (χ3n) is 5.79. The SMILES string of the molecule is CCCOc1ccc(-n2c(C(=O)NCC3CCCCC3)cc3ccccc32)cc1. The molecule has 29 heavy (non-hydrogen) atoms. The molecule has 1 N–H and O–H groups in total. The van der Waals surface area contributed by atoms with E-state index >= 15 is 0 Å². The van der Waals surface area contributed by atoms with Crippen LogP contribution >= 0.6 is 0 Å². The molecule has 1 heterocycles. The van der Waals surface area contributed by atoms with E-state index in [-0.39, 0.29) is 5.91 Å².